The van der Waals surface area contributed by atoms with E-state index >= 15 is 0 Å². The lowest BCUT2D eigenvalue weighted by atomic mass is 10.1. The van der Waals surface area contributed by atoms with Crippen LogP contribution in [0.4, 0.5) is 10.5 Å². The van der Waals surface area contributed by atoms with E-state index in [0.717, 1.165) is 4.88 Å². The number of carbonyl (C=O) groups is 4. The summed E-state index contributed by atoms with van der Waals surface area (Å²) in [5, 5.41) is 3.37. The number of anilines is 1. The van der Waals surface area contributed by atoms with E-state index in [2.05, 4.69) is 5.32 Å². The molecule has 33 heavy (non-hydrogen) atoms. The van der Waals surface area contributed by atoms with Gasteiger partial charge in [0.1, 0.15) is 5.78 Å². The third-order valence-electron chi connectivity index (χ3n) is 5.48. The highest BCUT2D eigenvalue weighted by molar-refractivity contribution is 7.14. The van der Waals surface area contributed by atoms with E-state index < -0.39 is 0 Å². The highest BCUT2D eigenvalue weighted by atomic mass is 35.5. The van der Waals surface area contributed by atoms with Crippen molar-refractivity contribution in [2.24, 2.45) is 0 Å². The molecular formula is C24H28ClN3O4S. The van der Waals surface area contributed by atoms with Crippen LogP contribution in [0, 0.1) is 6.92 Å². The standard InChI is InChI=1S/C24H28ClN3O4S/c1-17-6-10-22(33-17)21(30)9-7-20(29)8-11-23(31)27-12-3-13-28(15-14-27)24(32)26-19-5-2-4-18(25)16-19/h2,4-6,10,16H,3,7-9,11-15H2,1H3,(H,26,32). The van der Waals surface area contributed by atoms with Gasteiger partial charge in [-0.15, -0.1) is 11.3 Å². The third kappa shape index (κ3) is 7.68. The smallest absolute Gasteiger partial charge is 0.321 e. The molecule has 3 amide bonds. The minimum absolute atomic E-state index is 0.0311. The fourth-order valence-corrected chi connectivity index (χ4v) is 4.65. The first kappa shape index (κ1) is 24.9. The van der Waals surface area contributed by atoms with Crippen molar-refractivity contribution >= 4 is 52.1 Å². The van der Waals surface area contributed by atoms with Gasteiger partial charge in [0.15, 0.2) is 5.78 Å². The Bertz CT molecular complexity index is 1020. The molecule has 0 atom stereocenters. The molecule has 0 bridgehead atoms. The number of hydrogen-bond donors (Lipinski definition) is 1. The fraction of sp³-hybridized carbons (Fsp3) is 0.417. The van der Waals surface area contributed by atoms with Crippen molar-refractivity contribution < 1.29 is 19.2 Å². The summed E-state index contributed by atoms with van der Waals surface area (Å²) in [7, 11) is 0. The number of amides is 3. The number of halogens is 1. The molecule has 7 nitrogen and oxygen atoms in total. The Morgan fingerprint density at radius 3 is 2.39 bits per heavy atom. The lowest BCUT2D eigenvalue weighted by molar-refractivity contribution is -0.133. The number of hydrogen-bond acceptors (Lipinski definition) is 5. The van der Waals surface area contributed by atoms with Crippen molar-refractivity contribution in [2.45, 2.75) is 39.0 Å². The summed E-state index contributed by atoms with van der Waals surface area (Å²) in [4.78, 5) is 54.6. The Balaban J connectivity index is 1.39. The Morgan fingerprint density at radius 2 is 1.67 bits per heavy atom. The van der Waals surface area contributed by atoms with E-state index in [1.807, 2.05) is 13.0 Å². The lowest BCUT2D eigenvalue weighted by Crippen LogP contribution is -2.39. The number of carbonyl (C=O) groups excluding carboxylic acids is 4. The second-order valence-corrected chi connectivity index (χ2v) is 9.76. The van der Waals surface area contributed by atoms with E-state index in [1.165, 1.54) is 11.3 Å². The van der Waals surface area contributed by atoms with Crippen LogP contribution in [0.2, 0.25) is 5.02 Å². The van der Waals surface area contributed by atoms with Gasteiger partial charge in [0.25, 0.3) is 0 Å². The molecule has 1 N–H and O–H groups in total. The topological polar surface area (TPSA) is 86.8 Å². The van der Waals surface area contributed by atoms with Gasteiger partial charge in [0.05, 0.1) is 4.88 Å². The monoisotopic (exact) mass is 489 g/mol. The number of aryl methyl sites for hydroxylation is 1. The van der Waals surface area contributed by atoms with Crippen molar-refractivity contribution in [1.29, 1.82) is 0 Å². The summed E-state index contributed by atoms with van der Waals surface area (Å²) in [6.45, 7) is 3.86. The number of thiophene rings is 1. The second kappa shape index (κ2) is 12.0. The summed E-state index contributed by atoms with van der Waals surface area (Å²) < 4.78 is 0. The van der Waals surface area contributed by atoms with Gasteiger partial charge >= 0.3 is 6.03 Å². The molecule has 3 rings (SSSR count). The predicted molar refractivity (Wildman–Crippen MR) is 130 cm³/mol. The molecule has 1 aliphatic heterocycles. The van der Waals surface area contributed by atoms with Crippen molar-refractivity contribution in [1.82, 2.24) is 9.80 Å². The van der Waals surface area contributed by atoms with Crippen LogP contribution >= 0.6 is 22.9 Å². The minimum Gasteiger partial charge on any atom is -0.341 e. The second-order valence-electron chi connectivity index (χ2n) is 8.03. The number of nitrogens with zero attached hydrogens (tertiary/aromatic N) is 2. The van der Waals surface area contributed by atoms with Gasteiger partial charge in [-0.3, -0.25) is 14.4 Å². The average molecular weight is 490 g/mol. The first-order valence-corrected chi connectivity index (χ1v) is 12.2. The van der Waals surface area contributed by atoms with Crippen LogP contribution in [0.3, 0.4) is 0 Å². The predicted octanol–water partition coefficient (Wildman–Crippen LogP) is 4.79. The van der Waals surface area contributed by atoms with Crippen molar-refractivity contribution in [3.63, 3.8) is 0 Å². The first-order valence-electron chi connectivity index (χ1n) is 11.0. The van der Waals surface area contributed by atoms with Gasteiger partial charge in [-0.2, -0.15) is 0 Å². The highest BCUT2D eigenvalue weighted by Crippen LogP contribution is 2.18. The Labute approximate surface area is 202 Å². The maximum absolute atomic E-state index is 12.6. The number of ketones is 2. The summed E-state index contributed by atoms with van der Waals surface area (Å²) >= 11 is 7.39. The van der Waals surface area contributed by atoms with Gasteiger partial charge in [-0.1, -0.05) is 17.7 Å². The van der Waals surface area contributed by atoms with Crippen molar-refractivity contribution in [3.05, 3.63) is 51.2 Å². The molecule has 1 fully saturated rings. The molecule has 0 saturated carbocycles. The number of benzene rings is 1. The van der Waals surface area contributed by atoms with Crippen LogP contribution in [0.25, 0.3) is 0 Å². The maximum Gasteiger partial charge on any atom is 0.321 e. The third-order valence-corrected chi connectivity index (χ3v) is 6.75. The molecule has 1 aromatic heterocycles. The zero-order chi connectivity index (χ0) is 23.8. The quantitative estimate of drug-likeness (QED) is 0.540. The Hall–Kier alpha value is -2.71. The molecule has 2 heterocycles. The molecule has 2 aromatic rings. The van der Waals surface area contributed by atoms with Gasteiger partial charge in [-0.05, 0) is 43.7 Å². The lowest BCUT2D eigenvalue weighted by Gasteiger charge is -2.22. The first-order chi connectivity index (χ1) is 15.8. The van der Waals surface area contributed by atoms with Crippen LogP contribution in [-0.4, -0.2) is 59.5 Å². The number of urea groups is 1. The zero-order valence-corrected chi connectivity index (χ0v) is 20.2. The van der Waals surface area contributed by atoms with Crippen LogP contribution in [0.15, 0.2) is 36.4 Å². The average Bonchev–Trinajstić information content (AvgIpc) is 3.07. The van der Waals surface area contributed by atoms with Gasteiger partial charge in [-0.25, -0.2) is 4.79 Å². The minimum atomic E-state index is -0.229. The molecule has 1 saturated heterocycles. The molecule has 1 aliphatic rings. The van der Waals surface area contributed by atoms with Gasteiger partial charge in [0.2, 0.25) is 5.91 Å². The Morgan fingerprint density at radius 1 is 0.939 bits per heavy atom. The largest absolute Gasteiger partial charge is 0.341 e. The van der Waals surface area contributed by atoms with Crippen molar-refractivity contribution in [3.8, 4) is 0 Å². The number of rotatable bonds is 8. The summed E-state index contributed by atoms with van der Waals surface area (Å²) in [6, 6.07) is 10.4. The zero-order valence-electron chi connectivity index (χ0n) is 18.6. The van der Waals surface area contributed by atoms with E-state index in [0.29, 0.717) is 48.2 Å². The molecule has 176 valence electrons. The normalized spacial score (nSPS) is 14.0. The van der Waals surface area contributed by atoms with E-state index in [-0.39, 0.29) is 49.2 Å². The molecular weight excluding hydrogens is 462 g/mol. The number of nitrogens with one attached hydrogen (secondary N) is 1. The molecule has 0 radical (unpaired) electrons. The molecule has 0 aliphatic carbocycles. The summed E-state index contributed by atoms with van der Waals surface area (Å²) in [5.41, 5.74) is 0.621. The number of Topliss-reactive ketones (excluding diaryl/α,β-unsaturated/α-hetero) is 2. The van der Waals surface area contributed by atoms with Crippen LogP contribution in [0.1, 0.15) is 46.7 Å². The summed E-state index contributed by atoms with van der Waals surface area (Å²) in [5.74, 6) is -0.209. The molecule has 1 aromatic carbocycles. The Kier molecular flexibility index (Phi) is 9.03. The van der Waals surface area contributed by atoms with Crippen LogP contribution in [0.5, 0.6) is 0 Å². The fourth-order valence-electron chi connectivity index (χ4n) is 3.63. The molecule has 9 heteroatoms. The van der Waals surface area contributed by atoms with E-state index in [4.69, 9.17) is 11.6 Å². The maximum atomic E-state index is 12.6. The van der Waals surface area contributed by atoms with Gasteiger partial charge < -0.3 is 15.1 Å². The van der Waals surface area contributed by atoms with E-state index in [1.54, 1.807) is 40.1 Å². The van der Waals surface area contributed by atoms with E-state index in [9.17, 15) is 19.2 Å². The SMILES string of the molecule is Cc1ccc(C(=O)CCC(=O)CCC(=O)N2CCCN(C(=O)Nc3cccc(Cl)c3)CC2)s1. The van der Waals surface area contributed by atoms with Crippen LogP contribution < -0.4 is 5.32 Å². The molecule has 0 spiro atoms. The van der Waals surface area contributed by atoms with Crippen LogP contribution in [-0.2, 0) is 9.59 Å². The summed E-state index contributed by atoms with van der Waals surface area (Å²) in [6.07, 6.45) is 1.25. The highest BCUT2D eigenvalue weighted by Gasteiger charge is 2.22. The molecule has 0 unspecified atom stereocenters. The van der Waals surface area contributed by atoms with Gasteiger partial charge in [0, 0.05) is 67.4 Å². The van der Waals surface area contributed by atoms with Crippen molar-refractivity contribution in [2.75, 3.05) is 31.5 Å².